The number of nitrogens with zero attached hydrogens (tertiary/aromatic N) is 2. The standard InChI is InChI=1S/C18H17N3O4S/c1-3-11-6-4-5-7-13(11)20-14(22)8-21-10(2)19-16-15(17(21)23)12(9-26-16)18(24)25/h4-7,9H,3,8H2,1-2H3,(H,20,22)(H,24,25). The van der Waals surface area contributed by atoms with Crippen molar-refractivity contribution < 1.29 is 14.7 Å². The molecule has 0 aliphatic rings. The van der Waals surface area contributed by atoms with Gasteiger partial charge in [0.25, 0.3) is 5.56 Å². The SMILES string of the molecule is CCc1ccccc1NC(=O)Cn1c(C)nc2scc(C(=O)O)c2c1=O. The second kappa shape index (κ2) is 7.09. The van der Waals surface area contributed by atoms with E-state index in [-0.39, 0.29) is 23.4 Å². The third-order valence-electron chi connectivity index (χ3n) is 4.09. The fourth-order valence-corrected chi connectivity index (χ4v) is 3.70. The lowest BCUT2D eigenvalue weighted by molar-refractivity contribution is -0.116. The lowest BCUT2D eigenvalue weighted by Crippen LogP contribution is -2.30. The maximum absolute atomic E-state index is 12.7. The number of rotatable bonds is 5. The van der Waals surface area contributed by atoms with Crippen molar-refractivity contribution in [2.24, 2.45) is 0 Å². The summed E-state index contributed by atoms with van der Waals surface area (Å²) in [5.74, 6) is -1.20. The number of anilines is 1. The summed E-state index contributed by atoms with van der Waals surface area (Å²) in [7, 11) is 0. The van der Waals surface area contributed by atoms with Crippen molar-refractivity contribution in [3.63, 3.8) is 0 Å². The second-order valence-electron chi connectivity index (χ2n) is 5.74. The largest absolute Gasteiger partial charge is 0.478 e. The molecule has 0 bridgehead atoms. The molecule has 1 amide bonds. The van der Waals surface area contributed by atoms with E-state index < -0.39 is 11.5 Å². The number of fused-ring (bicyclic) bond motifs is 1. The van der Waals surface area contributed by atoms with Crippen LogP contribution in [0, 0.1) is 6.92 Å². The molecule has 0 unspecified atom stereocenters. The summed E-state index contributed by atoms with van der Waals surface area (Å²) in [5.41, 5.74) is 1.07. The van der Waals surface area contributed by atoms with E-state index in [0.29, 0.717) is 16.3 Å². The van der Waals surface area contributed by atoms with Crippen LogP contribution in [0.3, 0.4) is 0 Å². The summed E-state index contributed by atoms with van der Waals surface area (Å²) in [6.45, 7) is 3.37. The van der Waals surface area contributed by atoms with E-state index in [1.165, 1.54) is 9.95 Å². The first-order valence-electron chi connectivity index (χ1n) is 8.02. The van der Waals surface area contributed by atoms with Gasteiger partial charge in [0, 0.05) is 11.1 Å². The Kier molecular flexibility index (Phi) is 4.85. The van der Waals surface area contributed by atoms with Gasteiger partial charge in [0.1, 0.15) is 17.2 Å². The Morgan fingerprint density at radius 3 is 2.73 bits per heavy atom. The quantitative estimate of drug-likeness (QED) is 0.718. The highest BCUT2D eigenvalue weighted by Gasteiger charge is 2.19. The number of aryl methyl sites for hydroxylation is 2. The lowest BCUT2D eigenvalue weighted by Gasteiger charge is -2.12. The number of benzene rings is 1. The third-order valence-corrected chi connectivity index (χ3v) is 4.96. The van der Waals surface area contributed by atoms with Crippen molar-refractivity contribution in [2.45, 2.75) is 26.8 Å². The van der Waals surface area contributed by atoms with E-state index in [4.69, 9.17) is 0 Å². The zero-order valence-electron chi connectivity index (χ0n) is 14.3. The molecule has 2 heterocycles. The first-order valence-corrected chi connectivity index (χ1v) is 8.90. The molecule has 26 heavy (non-hydrogen) atoms. The van der Waals surface area contributed by atoms with E-state index in [2.05, 4.69) is 10.3 Å². The molecule has 2 N–H and O–H groups in total. The van der Waals surface area contributed by atoms with Crippen LogP contribution in [-0.4, -0.2) is 26.5 Å². The van der Waals surface area contributed by atoms with Gasteiger partial charge in [-0.3, -0.25) is 14.2 Å². The van der Waals surface area contributed by atoms with Gasteiger partial charge in [-0.1, -0.05) is 25.1 Å². The van der Waals surface area contributed by atoms with Crippen LogP contribution in [0.15, 0.2) is 34.4 Å². The van der Waals surface area contributed by atoms with Gasteiger partial charge in [0.05, 0.1) is 10.9 Å². The number of thiophene rings is 1. The number of nitrogens with one attached hydrogen (secondary N) is 1. The van der Waals surface area contributed by atoms with Gasteiger partial charge >= 0.3 is 5.97 Å². The Morgan fingerprint density at radius 2 is 2.04 bits per heavy atom. The average Bonchev–Trinajstić information content (AvgIpc) is 3.03. The Balaban J connectivity index is 1.95. The zero-order valence-corrected chi connectivity index (χ0v) is 15.1. The average molecular weight is 371 g/mol. The molecule has 7 nitrogen and oxygen atoms in total. The first kappa shape index (κ1) is 17.8. The summed E-state index contributed by atoms with van der Waals surface area (Å²) in [6.07, 6.45) is 0.764. The van der Waals surface area contributed by atoms with Gasteiger partial charge < -0.3 is 10.4 Å². The fourth-order valence-electron chi connectivity index (χ4n) is 2.75. The highest BCUT2D eigenvalue weighted by molar-refractivity contribution is 7.17. The van der Waals surface area contributed by atoms with E-state index >= 15 is 0 Å². The number of carboxylic acids is 1. The molecule has 8 heteroatoms. The van der Waals surface area contributed by atoms with Crippen LogP contribution in [-0.2, 0) is 17.8 Å². The molecule has 1 aromatic carbocycles. The van der Waals surface area contributed by atoms with E-state index in [0.717, 1.165) is 23.3 Å². The van der Waals surface area contributed by atoms with E-state index in [1.807, 2.05) is 25.1 Å². The Morgan fingerprint density at radius 1 is 1.31 bits per heavy atom. The van der Waals surface area contributed by atoms with Gasteiger partial charge in [-0.05, 0) is 25.0 Å². The Hall–Kier alpha value is -3.00. The molecule has 3 aromatic rings. The fraction of sp³-hybridized carbons (Fsp3) is 0.222. The van der Waals surface area contributed by atoms with E-state index in [9.17, 15) is 19.5 Å². The van der Waals surface area contributed by atoms with Crippen molar-refractivity contribution in [3.8, 4) is 0 Å². The Bertz CT molecular complexity index is 1070. The highest BCUT2D eigenvalue weighted by Crippen LogP contribution is 2.21. The minimum atomic E-state index is -1.19. The molecule has 0 spiro atoms. The third kappa shape index (κ3) is 3.23. The predicted octanol–water partition coefficient (Wildman–Crippen LogP) is 2.67. The number of para-hydroxylation sites is 1. The maximum atomic E-state index is 12.7. The van der Waals surface area contributed by atoms with Crippen LogP contribution in [0.2, 0.25) is 0 Å². The molecule has 0 saturated carbocycles. The van der Waals surface area contributed by atoms with Crippen LogP contribution in [0.5, 0.6) is 0 Å². The molecule has 2 aromatic heterocycles. The molecule has 0 fully saturated rings. The van der Waals surface area contributed by atoms with Crippen LogP contribution in [0.1, 0.15) is 28.7 Å². The van der Waals surface area contributed by atoms with Gasteiger partial charge in [-0.25, -0.2) is 9.78 Å². The number of aromatic nitrogens is 2. The molecule has 0 atom stereocenters. The number of hydrogen-bond donors (Lipinski definition) is 2. The summed E-state index contributed by atoms with van der Waals surface area (Å²) in [5, 5.41) is 13.5. The van der Waals surface area contributed by atoms with Gasteiger partial charge in [-0.15, -0.1) is 11.3 Å². The first-order chi connectivity index (χ1) is 12.4. The maximum Gasteiger partial charge on any atom is 0.337 e. The van der Waals surface area contributed by atoms with Crippen molar-refractivity contribution >= 4 is 39.1 Å². The van der Waals surface area contributed by atoms with Gasteiger partial charge in [-0.2, -0.15) is 0 Å². The summed E-state index contributed by atoms with van der Waals surface area (Å²) >= 11 is 1.10. The highest BCUT2D eigenvalue weighted by atomic mass is 32.1. The minimum absolute atomic E-state index is 0.0369. The topological polar surface area (TPSA) is 101 Å². The monoisotopic (exact) mass is 371 g/mol. The van der Waals surface area contributed by atoms with E-state index in [1.54, 1.807) is 13.0 Å². The van der Waals surface area contributed by atoms with Crippen LogP contribution in [0.25, 0.3) is 10.2 Å². The second-order valence-corrected chi connectivity index (χ2v) is 6.60. The van der Waals surface area contributed by atoms with Crippen LogP contribution >= 0.6 is 11.3 Å². The van der Waals surface area contributed by atoms with Crippen molar-refractivity contribution in [2.75, 3.05) is 5.32 Å². The molecule has 0 radical (unpaired) electrons. The molecule has 0 saturated heterocycles. The van der Waals surface area contributed by atoms with Crippen molar-refractivity contribution in [1.29, 1.82) is 0 Å². The number of aromatic carboxylic acids is 1. The van der Waals surface area contributed by atoms with Gasteiger partial charge in [0.15, 0.2) is 0 Å². The summed E-state index contributed by atoms with van der Waals surface area (Å²) in [4.78, 5) is 41.1. The molecule has 3 rings (SSSR count). The molecular formula is C18H17N3O4S. The smallest absolute Gasteiger partial charge is 0.337 e. The zero-order chi connectivity index (χ0) is 18.8. The van der Waals surface area contributed by atoms with Crippen LogP contribution in [0.4, 0.5) is 5.69 Å². The van der Waals surface area contributed by atoms with Crippen molar-refractivity contribution in [3.05, 3.63) is 57.0 Å². The molecular weight excluding hydrogens is 354 g/mol. The lowest BCUT2D eigenvalue weighted by atomic mass is 10.1. The van der Waals surface area contributed by atoms with Crippen LogP contribution < -0.4 is 10.9 Å². The number of carboxylic acid groups (broad SMARTS) is 1. The summed E-state index contributed by atoms with van der Waals surface area (Å²) in [6, 6.07) is 7.44. The number of carbonyl (C=O) groups excluding carboxylic acids is 1. The molecule has 0 aliphatic heterocycles. The van der Waals surface area contributed by atoms with Crippen molar-refractivity contribution in [1.82, 2.24) is 9.55 Å². The normalized spacial score (nSPS) is 10.8. The Labute approximate surface area is 152 Å². The molecule has 134 valence electrons. The summed E-state index contributed by atoms with van der Waals surface area (Å²) < 4.78 is 1.20. The van der Waals surface area contributed by atoms with Gasteiger partial charge in [0.2, 0.25) is 5.91 Å². The minimum Gasteiger partial charge on any atom is -0.478 e. The predicted molar refractivity (Wildman–Crippen MR) is 100 cm³/mol. The number of hydrogen-bond acceptors (Lipinski definition) is 5. The number of carbonyl (C=O) groups is 2. The number of amides is 1. The molecule has 0 aliphatic carbocycles.